The van der Waals surface area contributed by atoms with Crippen molar-refractivity contribution in [1.82, 2.24) is 0 Å². The molecule has 0 aromatic heterocycles. The Morgan fingerprint density at radius 2 is 0.645 bits per heavy atom. The average Bonchev–Trinajstić information content (AvgIpc) is 3.28. The van der Waals surface area contributed by atoms with Gasteiger partial charge in [-0.1, -0.05) is 280 Å². The van der Waals surface area contributed by atoms with Crippen LogP contribution >= 0.6 is 0 Å². The minimum Gasteiger partial charge on any atom is -0.393 e. The molecule has 62 heavy (non-hydrogen) atoms. The predicted octanol–water partition coefficient (Wildman–Crippen LogP) is 13.7. The number of aliphatic hydroxyl groups is 6. The summed E-state index contributed by atoms with van der Waals surface area (Å²) in [5.41, 5.74) is -4.68. The van der Waals surface area contributed by atoms with Gasteiger partial charge < -0.3 is 30.6 Å². The van der Waals surface area contributed by atoms with Crippen LogP contribution in [0.2, 0.25) is 0 Å². The van der Waals surface area contributed by atoms with Gasteiger partial charge in [-0.2, -0.15) is 0 Å². The van der Waals surface area contributed by atoms with Gasteiger partial charge in [0.05, 0.1) is 12.2 Å². The summed E-state index contributed by atoms with van der Waals surface area (Å²) in [4.78, 5) is 0. The van der Waals surface area contributed by atoms with Gasteiger partial charge in [0.15, 0.2) is 0 Å². The molecule has 358 valence electrons. The smallest absolute Gasteiger partial charge is 0.126 e. The van der Waals surface area contributed by atoms with E-state index < -0.39 is 35.6 Å². The molecule has 0 aliphatic carbocycles. The molecule has 0 amide bonds. The highest BCUT2D eigenvalue weighted by Gasteiger charge is 2.58. The maximum Gasteiger partial charge on any atom is 0.126 e. The van der Waals surface area contributed by atoms with Crippen molar-refractivity contribution in [3.05, 3.63) is 71.8 Å². The third kappa shape index (κ3) is 23.4. The topological polar surface area (TPSA) is 121 Å². The second-order valence-electron chi connectivity index (χ2n) is 19.5. The van der Waals surface area contributed by atoms with Crippen LogP contribution in [0.1, 0.15) is 243 Å². The van der Waals surface area contributed by atoms with Crippen LogP contribution in [-0.2, 0) is 12.8 Å². The van der Waals surface area contributed by atoms with Crippen LogP contribution in [0.3, 0.4) is 0 Å². The van der Waals surface area contributed by atoms with Gasteiger partial charge in [0.2, 0.25) is 0 Å². The van der Waals surface area contributed by atoms with E-state index in [1.807, 2.05) is 48.5 Å². The fourth-order valence-electron chi connectivity index (χ4n) is 9.70. The minimum atomic E-state index is -2.20. The van der Waals surface area contributed by atoms with Crippen LogP contribution in [0.15, 0.2) is 60.7 Å². The minimum absolute atomic E-state index is 0.104. The first-order valence-corrected chi connectivity index (χ1v) is 26.4. The van der Waals surface area contributed by atoms with Gasteiger partial charge in [-0.25, -0.2) is 0 Å². The molecule has 0 fully saturated rings. The Hall–Kier alpha value is -1.80. The number of aliphatic hydroxyl groups excluding tert-OH is 3. The standard InChI is InChI=1S/C56H98O6/c1-3-5-7-9-11-13-15-17-19-21-23-25-27-29-31-39-45-55(61,46-40-32-30-28-26-24-22-20-18-16-14-12-10-8-6-4-2)56(62,48-51-43-37-34-38-44-51)53(59)52(58)54(60,49-57)47-50-41-35-33-36-42-50/h33-38,41-44,52-53,57-62H,3-32,39-40,45-49H2,1-2H3/t52-,53-,54+,56-/m0/s1. The van der Waals surface area contributed by atoms with Crippen LogP contribution in [0.4, 0.5) is 0 Å². The summed E-state index contributed by atoms with van der Waals surface area (Å²) in [6.07, 6.45) is 36.1. The largest absolute Gasteiger partial charge is 0.393 e. The highest BCUT2D eigenvalue weighted by molar-refractivity contribution is 5.23. The van der Waals surface area contributed by atoms with Crippen molar-refractivity contribution in [3.63, 3.8) is 0 Å². The quantitative estimate of drug-likeness (QED) is 0.0369. The van der Waals surface area contributed by atoms with Gasteiger partial charge in [0.25, 0.3) is 0 Å². The molecule has 0 heterocycles. The molecule has 0 saturated carbocycles. The Morgan fingerprint density at radius 1 is 0.371 bits per heavy atom. The van der Waals surface area contributed by atoms with E-state index in [9.17, 15) is 30.6 Å². The second kappa shape index (κ2) is 35.5. The molecule has 6 N–H and O–H groups in total. The summed E-state index contributed by atoms with van der Waals surface area (Å²) < 4.78 is 0. The van der Waals surface area contributed by atoms with E-state index in [2.05, 4.69) is 13.8 Å². The number of hydrogen-bond acceptors (Lipinski definition) is 6. The molecule has 2 aromatic carbocycles. The van der Waals surface area contributed by atoms with Gasteiger partial charge in [-0.15, -0.1) is 0 Å². The maximum absolute atomic E-state index is 12.8. The molecule has 2 aromatic rings. The molecule has 0 radical (unpaired) electrons. The van der Waals surface area contributed by atoms with E-state index in [-0.39, 0.29) is 25.7 Å². The predicted molar refractivity (Wildman–Crippen MR) is 263 cm³/mol. The van der Waals surface area contributed by atoms with Crippen LogP contribution in [0, 0.1) is 0 Å². The third-order valence-electron chi connectivity index (χ3n) is 14.0. The summed E-state index contributed by atoms with van der Waals surface area (Å²) in [6, 6.07) is 18.4. The molecule has 0 saturated heterocycles. The zero-order chi connectivity index (χ0) is 45.0. The summed E-state index contributed by atoms with van der Waals surface area (Å²) in [5.74, 6) is 0. The van der Waals surface area contributed by atoms with E-state index in [1.165, 1.54) is 154 Å². The number of benzene rings is 2. The highest BCUT2D eigenvalue weighted by atomic mass is 16.4. The van der Waals surface area contributed by atoms with Crippen molar-refractivity contribution in [2.75, 3.05) is 6.61 Å². The molecule has 4 atom stereocenters. The Kier molecular flexibility index (Phi) is 32.2. The number of unbranched alkanes of at least 4 members (excludes halogenated alkanes) is 30. The Balaban J connectivity index is 2.01. The third-order valence-corrected chi connectivity index (χ3v) is 14.0. The first kappa shape index (κ1) is 56.3. The molecular formula is C56H98O6. The molecule has 2 rings (SSSR count). The van der Waals surface area contributed by atoms with E-state index >= 15 is 0 Å². The zero-order valence-corrected chi connectivity index (χ0v) is 40.3. The summed E-state index contributed by atoms with van der Waals surface area (Å²) >= 11 is 0. The number of rotatable bonds is 43. The maximum atomic E-state index is 12.8. The summed E-state index contributed by atoms with van der Waals surface area (Å²) in [7, 11) is 0. The Bertz CT molecular complexity index is 1240. The summed E-state index contributed by atoms with van der Waals surface area (Å²) in [5, 5.41) is 71.7. The van der Waals surface area contributed by atoms with E-state index in [0.717, 1.165) is 38.5 Å². The van der Waals surface area contributed by atoms with Gasteiger partial charge in [0.1, 0.15) is 23.4 Å². The van der Waals surface area contributed by atoms with Gasteiger partial charge in [-0.3, -0.25) is 0 Å². The second-order valence-corrected chi connectivity index (χ2v) is 19.5. The van der Waals surface area contributed by atoms with E-state index in [0.29, 0.717) is 24.0 Å². The van der Waals surface area contributed by atoms with Gasteiger partial charge >= 0.3 is 0 Å². The van der Waals surface area contributed by atoms with Crippen molar-refractivity contribution in [2.24, 2.45) is 0 Å². The first-order chi connectivity index (χ1) is 30.2. The molecule has 6 heteroatoms. The Morgan fingerprint density at radius 3 is 0.935 bits per heavy atom. The molecule has 6 nitrogen and oxygen atoms in total. The van der Waals surface area contributed by atoms with E-state index in [1.54, 1.807) is 12.1 Å². The monoisotopic (exact) mass is 867 g/mol. The van der Waals surface area contributed by atoms with Crippen LogP contribution in [-0.4, -0.2) is 66.3 Å². The molecule has 0 bridgehead atoms. The first-order valence-electron chi connectivity index (χ1n) is 26.4. The lowest BCUT2D eigenvalue weighted by molar-refractivity contribution is -0.253. The van der Waals surface area contributed by atoms with Gasteiger partial charge in [-0.05, 0) is 24.0 Å². The molecule has 0 aliphatic heterocycles. The van der Waals surface area contributed by atoms with E-state index in [4.69, 9.17) is 0 Å². The average molecular weight is 867 g/mol. The Labute approximate surface area is 381 Å². The SMILES string of the molecule is CCCCCCCCCCCCCCCCCCC(O)(CCCCCCCCCCCCCCCCCC)[C@](O)(Cc1ccccc1)[C@@H](O)[C@H](O)[C@](O)(CO)Cc1ccccc1. The lowest BCUT2D eigenvalue weighted by atomic mass is 9.66. The fraction of sp³-hybridized carbons (Fsp3) is 0.786. The van der Waals surface area contributed by atoms with Crippen LogP contribution in [0.25, 0.3) is 0 Å². The van der Waals surface area contributed by atoms with Crippen LogP contribution < -0.4 is 0 Å². The van der Waals surface area contributed by atoms with Crippen molar-refractivity contribution in [3.8, 4) is 0 Å². The van der Waals surface area contributed by atoms with Crippen molar-refractivity contribution in [1.29, 1.82) is 0 Å². The fourth-order valence-corrected chi connectivity index (χ4v) is 9.70. The van der Waals surface area contributed by atoms with Crippen LogP contribution in [0.5, 0.6) is 0 Å². The van der Waals surface area contributed by atoms with Crippen molar-refractivity contribution < 1.29 is 30.6 Å². The number of hydrogen-bond donors (Lipinski definition) is 6. The van der Waals surface area contributed by atoms with Gasteiger partial charge in [0, 0.05) is 12.8 Å². The summed E-state index contributed by atoms with van der Waals surface area (Å²) in [6.45, 7) is 3.72. The molecular weight excluding hydrogens is 769 g/mol. The molecule has 0 spiro atoms. The lowest BCUT2D eigenvalue weighted by Gasteiger charge is -2.50. The molecule has 0 aliphatic rings. The van der Waals surface area contributed by atoms with Crippen molar-refractivity contribution >= 4 is 0 Å². The zero-order valence-electron chi connectivity index (χ0n) is 40.3. The lowest BCUT2D eigenvalue weighted by Crippen LogP contribution is -2.69. The molecule has 0 unspecified atom stereocenters. The van der Waals surface area contributed by atoms with Crippen molar-refractivity contribution in [2.45, 2.75) is 274 Å². The normalized spacial score (nSPS) is 15.0. The highest BCUT2D eigenvalue weighted by Crippen LogP contribution is 2.41.